The molecule has 0 saturated carbocycles. The summed E-state index contributed by atoms with van der Waals surface area (Å²) in [5.74, 6) is 0. The summed E-state index contributed by atoms with van der Waals surface area (Å²) in [4.78, 5) is 4.62. The molecule has 0 saturated heterocycles. The van der Waals surface area contributed by atoms with Gasteiger partial charge in [-0.15, -0.1) is 0 Å². The average Bonchev–Trinajstić information content (AvgIpc) is 2.49. The van der Waals surface area contributed by atoms with Gasteiger partial charge in [0.1, 0.15) is 0 Å². The van der Waals surface area contributed by atoms with Crippen molar-refractivity contribution >= 4 is 5.57 Å². The summed E-state index contributed by atoms with van der Waals surface area (Å²) < 4.78 is 0. The van der Waals surface area contributed by atoms with Crippen molar-refractivity contribution in [2.75, 3.05) is 0 Å². The second-order valence-electron chi connectivity index (χ2n) is 4.91. The summed E-state index contributed by atoms with van der Waals surface area (Å²) in [6, 6.07) is 12.5. The summed E-state index contributed by atoms with van der Waals surface area (Å²) >= 11 is 0. The van der Waals surface area contributed by atoms with Crippen molar-refractivity contribution in [1.82, 2.24) is 4.98 Å². The van der Waals surface area contributed by atoms with Crippen LogP contribution in [0, 0.1) is 6.92 Å². The Morgan fingerprint density at radius 2 is 1.95 bits per heavy atom. The summed E-state index contributed by atoms with van der Waals surface area (Å²) in [6.45, 7) is 2.17. The van der Waals surface area contributed by atoms with Crippen LogP contribution in [0.15, 0.2) is 60.8 Å². The minimum Gasteiger partial charge on any atom is -0.256 e. The summed E-state index contributed by atoms with van der Waals surface area (Å²) in [5, 5.41) is 0. The largest absolute Gasteiger partial charge is 0.256 e. The molecule has 2 aromatic rings. The Morgan fingerprint density at radius 3 is 2.63 bits per heavy atom. The van der Waals surface area contributed by atoms with Crippen LogP contribution in [-0.2, 0) is 0 Å². The lowest BCUT2D eigenvalue weighted by Gasteiger charge is -2.13. The highest BCUT2D eigenvalue weighted by molar-refractivity contribution is 5.72. The van der Waals surface area contributed by atoms with E-state index in [0.29, 0.717) is 0 Å². The first-order valence-electron chi connectivity index (χ1n) is 6.73. The number of pyridine rings is 1. The maximum absolute atomic E-state index is 4.62. The van der Waals surface area contributed by atoms with E-state index >= 15 is 0 Å². The molecule has 0 unspecified atom stereocenters. The maximum atomic E-state index is 4.62. The standard InChI is InChI=1S/C18H17N/c1-14-12-18(16-10-6-3-7-11-16)19-13-17(14)15-8-4-2-5-9-15/h2-4,6-8,10-13H,5,9H2,1H3. The number of nitrogens with zero attached hydrogens (tertiary/aromatic N) is 1. The Balaban J connectivity index is 1.99. The second-order valence-corrected chi connectivity index (χ2v) is 4.91. The first-order valence-corrected chi connectivity index (χ1v) is 6.73. The van der Waals surface area contributed by atoms with Crippen LogP contribution < -0.4 is 0 Å². The molecule has 1 aromatic carbocycles. The van der Waals surface area contributed by atoms with Gasteiger partial charge < -0.3 is 0 Å². The lowest BCUT2D eigenvalue weighted by atomic mass is 9.95. The molecule has 1 aliphatic rings. The molecule has 94 valence electrons. The Kier molecular flexibility index (Phi) is 3.28. The number of rotatable bonds is 2. The average molecular weight is 247 g/mol. The van der Waals surface area contributed by atoms with Crippen LogP contribution in [0.5, 0.6) is 0 Å². The van der Waals surface area contributed by atoms with E-state index in [0.717, 1.165) is 18.5 Å². The second kappa shape index (κ2) is 5.23. The van der Waals surface area contributed by atoms with Crippen molar-refractivity contribution < 1.29 is 0 Å². The zero-order chi connectivity index (χ0) is 13.1. The van der Waals surface area contributed by atoms with E-state index in [2.05, 4.69) is 60.5 Å². The minimum atomic E-state index is 1.05. The third kappa shape index (κ3) is 2.50. The Bertz CT molecular complexity index is 636. The fraction of sp³-hybridized carbons (Fsp3) is 0.167. The SMILES string of the molecule is Cc1cc(-c2ccccc2)ncc1C1=CC=CCC1. The van der Waals surface area contributed by atoms with Crippen molar-refractivity contribution in [1.29, 1.82) is 0 Å². The molecule has 0 radical (unpaired) electrons. The number of hydrogen-bond donors (Lipinski definition) is 0. The van der Waals surface area contributed by atoms with Crippen LogP contribution in [-0.4, -0.2) is 4.98 Å². The van der Waals surface area contributed by atoms with E-state index in [-0.39, 0.29) is 0 Å². The zero-order valence-corrected chi connectivity index (χ0v) is 11.1. The van der Waals surface area contributed by atoms with E-state index in [4.69, 9.17) is 0 Å². The van der Waals surface area contributed by atoms with Gasteiger partial charge in [-0.05, 0) is 42.5 Å². The maximum Gasteiger partial charge on any atom is 0.0705 e. The van der Waals surface area contributed by atoms with Crippen LogP contribution in [0.2, 0.25) is 0 Å². The molecule has 0 amide bonds. The van der Waals surface area contributed by atoms with Crippen LogP contribution >= 0.6 is 0 Å². The van der Waals surface area contributed by atoms with E-state index in [1.165, 1.54) is 22.3 Å². The van der Waals surface area contributed by atoms with Gasteiger partial charge in [0.25, 0.3) is 0 Å². The molecule has 3 rings (SSSR count). The van der Waals surface area contributed by atoms with Gasteiger partial charge in [-0.2, -0.15) is 0 Å². The van der Waals surface area contributed by atoms with Crippen LogP contribution in [0.25, 0.3) is 16.8 Å². The van der Waals surface area contributed by atoms with Crippen LogP contribution in [0.3, 0.4) is 0 Å². The van der Waals surface area contributed by atoms with Crippen molar-refractivity contribution in [2.24, 2.45) is 0 Å². The fourth-order valence-corrected chi connectivity index (χ4v) is 2.49. The van der Waals surface area contributed by atoms with Crippen LogP contribution in [0.4, 0.5) is 0 Å². The number of aryl methyl sites for hydroxylation is 1. The molecule has 1 aromatic heterocycles. The molecule has 1 heteroatoms. The molecule has 1 aliphatic carbocycles. The molecule has 0 aliphatic heterocycles. The van der Waals surface area contributed by atoms with Gasteiger partial charge in [0.15, 0.2) is 0 Å². The Morgan fingerprint density at radius 1 is 1.11 bits per heavy atom. The van der Waals surface area contributed by atoms with E-state index in [1.54, 1.807) is 0 Å². The first-order chi connectivity index (χ1) is 9.34. The first kappa shape index (κ1) is 11.9. The molecular formula is C18H17N. The lowest BCUT2D eigenvalue weighted by Crippen LogP contribution is -1.94. The van der Waals surface area contributed by atoms with E-state index in [1.807, 2.05) is 12.3 Å². The van der Waals surface area contributed by atoms with Gasteiger partial charge in [0.2, 0.25) is 0 Å². The minimum absolute atomic E-state index is 1.05. The van der Waals surface area contributed by atoms with Crippen molar-refractivity contribution in [2.45, 2.75) is 19.8 Å². The molecule has 19 heavy (non-hydrogen) atoms. The number of allylic oxidation sites excluding steroid dienone is 4. The van der Waals surface area contributed by atoms with Crippen molar-refractivity contribution in [3.8, 4) is 11.3 Å². The Labute approximate surface area is 114 Å². The van der Waals surface area contributed by atoms with E-state index < -0.39 is 0 Å². The quantitative estimate of drug-likeness (QED) is 0.743. The molecule has 0 N–H and O–H groups in total. The lowest BCUT2D eigenvalue weighted by molar-refractivity contribution is 1.05. The molecule has 1 nitrogen and oxygen atoms in total. The summed E-state index contributed by atoms with van der Waals surface area (Å²) in [7, 11) is 0. The fourth-order valence-electron chi connectivity index (χ4n) is 2.49. The number of hydrogen-bond acceptors (Lipinski definition) is 1. The monoisotopic (exact) mass is 247 g/mol. The van der Waals surface area contributed by atoms with Crippen molar-refractivity contribution in [3.63, 3.8) is 0 Å². The van der Waals surface area contributed by atoms with Gasteiger partial charge >= 0.3 is 0 Å². The molecule has 0 spiro atoms. The van der Waals surface area contributed by atoms with Gasteiger partial charge in [0.05, 0.1) is 5.69 Å². The van der Waals surface area contributed by atoms with E-state index in [9.17, 15) is 0 Å². The Hall–Kier alpha value is -2.15. The highest BCUT2D eigenvalue weighted by Gasteiger charge is 2.08. The third-order valence-electron chi connectivity index (χ3n) is 3.54. The zero-order valence-electron chi connectivity index (χ0n) is 11.1. The number of benzene rings is 1. The molecule has 0 atom stereocenters. The molecule has 1 heterocycles. The smallest absolute Gasteiger partial charge is 0.0705 e. The topological polar surface area (TPSA) is 12.9 Å². The predicted molar refractivity (Wildman–Crippen MR) is 80.8 cm³/mol. The normalized spacial score (nSPS) is 14.3. The number of aromatic nitrogens is 1. The molecule has 0 bridgehead atoms. The highest BCUT2D eigenvalue weighted by atomic mass is 14.7. The van der Waals surface area contributed by atoms with Gasteiger partial charge in [0, 0.05) is 11.8 Å². The molecular weight excluding hydrogens is 230 g/mol. The van der Waals surface area contributed by atoms with Gasteiger partial charge in [-0.1, -0.05) is 48.6 Å². The molecule has 0 fully saturated rings. The van der Waals surface area contributed by atoms with Gasteiger partial charge in [-0.3, -0.25) is 4.98 Å². The summed E-state index contributed by atoms with van der Waals surface area (Å²) in [5.41, 5.74) is 6.20. The summed E-state index contributed by atoms with van der Waals surface area (Å²) in [6.07, 6.45) is 10.8. The highest BCUT2D eigenvalue weighted by Crippen LogP contribution is 2.28. The van der Waals surface area contributed by atoms with Crippen LogP contribution in [0.1, 0.15) is 24.0 Å². The third-order valence-corrected chi connectivity index (χ3v) is 3.54. The predicted octanol–water partition coefficient (Wildman–Crippen LogP) is 4.79. The van der Waals surface area contributed by atoms with Crippen molar-refractivity contribution in [3.05, 3.63) is 72.0 Å². The van der Waals surface area contributed by atoms with Gasteiger partial charge in [-0.25, -0.2) is 0 Å².